The second-order valence-corrected chi connectivity index (χ2v) is 4.40. The Hall–Kier alpha value is -0.800. The van der Waals surface area contributed by atoms with Crippen LogP contribution in [0.3, 0.4) is 0 Å². The number of phenolic OH excluding ortho intramolecular Hbond substituents is 1. The number of halogens is 2. The van der Waals surface area contributed by atoms with Crippen molar-refractivity contribution in [3.05, 3.63) is 29.8 Å². The lowest BCUT2D eigenvalue weighted by molar-refractivity contribution is 0.165. The molecule has 0 bridgehead atoms. The molecule has 2 unspecified atom stereocenters. The van der Waals surface area contributed by atoms with Crippen molar-refractivity contribution in [1.29, 1.82) is 0 Å². The monoisotopic (exact) mass is 245 g/mol. The number of rotatable bonds is 1. The quantitative estimate of drug-likeness (QED) is 0.798. The first-order valence-electron chi connectivity index (χ1n) is 5.29. The highest BCUT2D eigenvalue weighted by Gasteiger charge is 2.33. The number of benzene rings is 1. The molecule has 1 heterocycles. The highest BCUT2D eigenvalue weighted by atomic mass is 35.5. The van der Waals surface area contributed by atoms with Crippen LogP contribution in [-0.4, -0.2) is 17.8 Å². The Balaban J connectivity index is 0.00000128. The summed E-state index contributed by atoms with van der Waals surface area (Å²) in [6.07, 6.45) is 0.357. The molecule has 1 fully saturated rings. The molecule has 2 nitrogen and oxygen atoms in total. The Labute approximate surface area is 101 Å². The molecular weight excluding hydrogens is 229 g/mol. The van der Waals surface area contributed by atoms with E-state index in [1.807, 2.05) is 19.1 Å². The van der Waals surface area contributed by atoms with Crippen molar-refractivity contribution in [2.75, 3.05) is 6.54 Å². The van der Waals surface area contributed by atoms with Gasteiger partial charge in [-0.15, -0.1) is 12.4 Å². The highest BCUT2D eigenvalue weighted by molar-refractivity contribution is 5.85. The zero-order valence-corrected chi connectivity index (χ0v) is 10.1. The van der Waals surface area contributed by atoms with Gasteiger partial charge in [-0.1, -0.05) is 12.1 Å². The summed E-state index contributed by atoms with van der Waals surface area (Å²) >= 11 is 0. The second kappa shape index (κ2) is 5.02. The molecule has 1 aromatic carbocycles. The van der Waals surface area contributed by atoms with Crippen LogP contribution in [-0.2, 0) is 5.54 Å². The van der Waals surface area contributed by atoms with Gasteiger partial charge < -0.3 is 10.4 Å². The zero-order chi connectivity index (χ0) is 10.9. The first-order chi connectivity index (χ1) is 7.10. The molecular formula is C12H17ClFNO. The van der Waals surface area contributed by atoms with Gasteiger partial charge >= 0.3 is 0 Å². The van der Waals surface area contributed by atoms with Gasteiger partial charge in [-0.05, 0) is 37.6 Å². The number of hydrogen-bond acceptors (Lipinski definition) is 2. The van der Waals surface area contributed by atoms with Crippen LogP contribution in [0.4, 0.5) is 4.39 Å². The van der Waals surface area contributed by atoms with E-state index in [4.69, 9.17) is 0 Å². The third-order valence-corrected chi connectivity index (χ3v) is 3.11. The van der Waals surface area contributed by atoms with Crippen molar-refractivity contribution in [1.82, 2.24) is 5.32 Å². The van der Waals surface area contributed by atoms with Crippen LogP contribution in [0.1, 0.15) is 25.3 Å². The second-order valence-electron chi connectivity index (χ2n) is 4.40. The van der Waals surface area contributed by atoms with Gasteiger partial charge in [0.25, 0.3) is 0 Å². The van der Waals surface area contributed by atoms with E-state index >= 15 is 0 Å². The van der Waals surface area contributed by atoms with E-state index in [-0.39, 0.29) is 23.7 Å². The molecule has 0 aromatic heterocycles. The predicted octanol–water partition coefficient (Wildman–Crippen LogP) is 2.75. The van der Waals surface area contributed by atoms with Gasteiger partial charge in [-0.25, -0.2) is 4.39 Å². The minimum absolute atomic E-state index is 0. The van der Waals surface area contributed by atoms with Crippen LogP contribution in [0, 0.1) is 0 Å². The average molecular weight is 246 g/mol. The molecule has 0 spiro atoms. The van der Waals surface area contributed by atoms with E-state index in [0.717, 1.165) is 5.56 Å². The third-order valence-electron chi connectivity index (χ3n) is 3.11. The standard InChI is InChI=1S/C12H16FNO.ClH/c1-12(8-10(13)6-7-14-12)9-2-4-11(15)5-3-9;/h2-5,10,14-15H,6-8H2,1H3;1H. The molecule has 2 rings (SSSR count). The van der Waals surface area contributed by atoms with Crippen molar-refractivity contribution in [2.24, 2.45) is 0 Å². The molecule has 0 saturated carbocycles. The van der Waals surface area contributed by atoms with Crippen LogP contribution in [0.25, 0.3) is 0 Å². The van der Waals surface area contributed by atoms with Crippen molar-refractivity contribution < 1.29 is 9.50 Å². The number of alkyl halides is 1. The lowest BCUT2D eigenvalue weighted by Crippen LogP contribution is -2.46. The Kier molecular flexibility index (Phi) is 4.16. The average Bonchev–Trinajstić information content (AvgIpc) is 2.18. The van der Waals surface area contributed by atoms with Gasteiger partial charge in [0.15, 0.2) is 0 Å². The van der Waals surface area contributed by atoms with E-state index in [1.165, 1.54) is 0 Å². The SMILES string of the molecule is CC1(c2ccc(O)cc2)CC(F)CCN1.Cl. The predicted molar refractivity (Wildman–Crippen MR) is 64.8 cm³/mol. The number of nitrogens with one attached hydrogen (secondary N) is 1. The van der Waals surface area contributed by atoms with Gasteiger partial charge in [0.2, 0.25) is 0 Å². The van der Waals surface area contributed by atoms with Crippen molar-refractivity contribution in [3.8, 4) is 5.75 Å². The minimum atomic E-state index is -0.731. The lowest BCUT2D eigenvalue weighted by atomic mass is 9.83. The maximum absolute atomic E-state index is 13.4. The number of piperidine rings is 1. The first kappa shape index (κ1) is 13.3. The fourth-order valence-corrected chi connectivity index (χ4v) is 2.17. The van der Waals surface area contributed by atoms with Gasteiger partial charge in [0, 0.05) is 12.0 Å². The molecule has 0 amide bonds. The molecule has 1 aliphatic heterocycles. The van der Waals surface area contributed by atoms with Crippen molar-refractivity contribution in [2.45, 2.75) is 31.5 Å². The summed E-state index contributed by atoms with van der Waals surface area (Å²) < 4.78 is 13.4. The van der Waals surface area contributed by atoms with E-state index in [9.17, 15) is 9.50 Å². The van der Waals surface area contributed by atoms with Crippen LogP contribution in [0.15, 0.2) is 24.3 Å². The first-order valence-corrected chi connectivity index (χ1v) is 5.29. The van der Waals surface area contributed by atoms with Gasteiger partial charge in [0.1, 0.15) is 11.9 Å². The Morgan fingerprint density at radius 3 is 2.56 bits per heavy atom. The summed E-state index contributed by atoms with van der Waals surface area (Å²) in [5.74, 6) is 0.245. The van der Waals surface area contributed by atoms with Crippen LogP contribution in [0.2, 0.25) is 0 Å². The Bertz CT molecular complexity index is 343. The summed E-state index contributed by atoms with van der Waals surface area (Å²) in [5, 5.41) is 12.5. The van der Waals surface area contributed by atoms with Crippen LogP contribution in [0.5, 0.6) is 5.75 Å². The van der Waals surface area contributed by atoms with E-state index in [0.29, 0.717) is 19.4 Å². The summed E-state index contributed by atoms with van der Waals surface area (Å²) in [5.41, 5.74) is 0.730. The van der Waals surface area contributed by atoms with Crippen LogP contribution >= 0.6 is 12.4 Å². The zero-order valence-electron chi connectivity index (χ0n) is 9.24. The Morgan fingerprint density at radius 2 is 2.00 bits per heavy atom. The molecule has 1 aliphatic rings. The molecule has 4 heteroatoms. The van der Waals surface area contributed by atoms with Crippen molar-refractivity contribution >= 4 is 12.4 Å². The maximum atomic E-state index is 13.4. The van der Waals surface area contributed by atoms with E-state index in [1.54, 1.807) is 12.1 Å². The lowest BCUT2D eigenvalue weighted by Gasteiger charge is -2.37. The fourth-order valence-electron chi connectivity index (χ4n) is 2.17. The molecule has 90 valence electrons. The van der Waals surface area contributed by atoms with Crippen LogP contribution < -0.4 is 5.32 Å². The molecule has 2 N–H and O–H groups in total. The smallest absolute Gasteiger partial charge is 0.115 e. The van der Waals surface area contributed by atoms with Gasteiger partial charge in [-0.2, -0.15) is 0 Å². The highest BCUT2D eigenvalue weighted by Crippen LogP contribution is 2.31. The summed E-state index contributed by atoms with van der Waals surface area (Å²) in [6, 6.07) is 6.98. The summed E-state index contributed by atoms with van der Waals surface area (Å²) in [6.45, 7) is 2.71. The van der Waals surface area contributed by atoms with Crippen molar-refractivity contribution in [3.63, 3.8) is 0 Å². The van der Waals surface area contributed by atoms with Gasteiger partial charge in [-0.3, -0.25) is 0 Å². The maximum Gasteiger partial charge on any atom is 0.115 e. The number of hydrogen-bond donors (Lipinski definition) is 2. The molecule has 1 saturated heterocycles. The molecule has 16 heavy (non-hydrogen) atoms. The fraction of sp³-hybridized carbons (Fsp3) is 0.500. The van der Waals surface area contributed by atoms with Gasteiger partial charge in [0.05, 0.1) is 0 Å². The topological polar surface area (TPSA) is 32.3 Å². The molecule has 2 atom stereocenters. The third kappa shape index (κ3) is 2.66. The number of aromatic hydroxyl groups is 1. The largest absolute Gasteiger partial charge is 0.508 e. The normalized spacial score (nSPS) is 29.5. The Morgan fingerprint density at radius 1 is 1.38 bits per heavy atom. The molecule has 1 aromatic rings. The summed E-state index contributed by atoms with van der Waals surface area (Å²) in [4.78, 5) is 0. The number of phenols is 1. The molecule has 0 radical (unpaired) electrons. The summed E-state index contributed by atoms with van der Waals surface area (Å²) in [7, 11) is 0. The minimum Gasteiger partial charge on any atom is -0.508 e. The van der Waals surface area contributed by atoms with E-state index < -0.39 is 6.17 Å². The molecule has 0 aliphatic carbocycles. The van der Waals surface area contributed by atoms with E-state index in [2.05, 4.69) is 5.32 Å².